The van der Waals surface area contributed by atoms with Gasteiger partial charge in [-0.15, -0.1) is 5.10 Å². The Labute approximate surface area is 121 Å². The molecule has 0 bridgehead atoms. The summed E-state index contributed by atoms with van der Waals surface area (Å²) in [6.07, 6.45) is 1.59. The molecule has 0 atom stereocenters. The molecule has 2 aromatic carbocycles. The van der Waals surface area contributed by atoms with Crippen molar-refractivity contribution in [3.05, 3.63) is 60.2 Å². The molecule has 3 rings (SSSR count). The van der Waals surface area contributed by atoms with Gasteiger partial charge < -0.3 is 0 Å². The maximum absolute atomic E-state index is 11.8. The van der Waals surface area contributed by atoms with Crippen LogP contribution in [-0.2, 0) is 11.3 Å². The molecule has 0 aliphatic carbocycles. The van der Waals surface area contributed by atoms with Crippen LogP contribution in [0.4, 0.5) is 0 Å². The molecule has 1 N–H and O–H groups in total. The number of hydrazone groups is 1. The minimum Gasteiger partial charge on any atom is -0.271 e. The highest BCUT2D eigenvalue weighted by molar-refractivity contribution is 5.83. The van der Waals surface area contributed by atoms with Crippen LogP contribution < -0.4 is 5.43 Å². The molecule has 0 aliphatic rings. The van der Waals surface area contributed by atoms with Crippen molar-refractivity contribution in [1.29, 1.82) is 0 Å². The second-order valence-corrected chi connectivity index (χ2v) is 4.44. The van der Waals surface area contributed by atoms with Gasteiger partial charge in [0, 0.05) is 0 Å². The molecule has 0 fully saturated rings. The summed E-state index contributed by atoms with van der Waals surface area (Å²) in [5.74, 6) is -0.252. The molecule has 0 saturated carbocycles. The number of para-hydroxylation sites is 1. The number of amides is 1. The third-order valence-electron chi connectivity index (χ3n) is 2.92. The van der Waals surface area contributed by atoms with Crippen LogP contribution in [0.5, 0.6) is 0 Å². The van der Waals surface area contributed by atoms with Crippen LogP contribution in [0.3, 0.4) is 0 Å². The van der Waals surface area contributed by atoms with E-state index in [9.17, 15) is 4.79 Å². The lowest BCUT2D eigenvalue weighted by molar-refractivity contribution is -0.121. The number of hydrogen-bond donors (Lipinski definition) is 1. The summed E-state index contributed by atoms with van der Waals surface area (Å²) in [6, 6.07) is 17.0. The monoisotopic (exact) mass is 279 g/mol. The number of hydrogen-bond acceptors (Lipinski definition) is 4. The first kappa shape index (κ1) is 13.0. The fourth-order valence-electron chi connectivity index (χ4n) is 1.92. The third kappa shape index (κ3) is 3.11. The molecule has 0 unspecified atom stereocenters. The van der Waals surface area contributed by atoms with E-state index in [1.807, 2.05) is 54.6 Å². The van der Waals surface area contributed by atoms with Crippen molar-refractivity contribution >= 4 is 23.2 Å². The molecular formula is C15H13N5O. The normalized spacial score (nSPS) is 11.0. The predicted octanol–water partition coefficient (Wildman–Crippen LogP) is 1.58. The fourth-order valence-corrected chi connectivity index (χ4v) is 1.92. The number of nitrogens with zero attached hydrogens (tertiary/aromatic N) is 4. The van der Waals surface area contributed by atoms with Crippen LogP contribution >= 0.6 is 0 Å². The Kier molecular flexibility index (Phi) is 3.68. The smallest absolute Gasteiger partial charge is 0.261 e. The van der Waals surface area contributed by atoms with Crippen LogP contribution in [0.25, 0.3) is 11.0 Å². The first-order valence-corrected chi connectivity index (χ1v) is 6.48. The molecule has 0 radical (unpaired) electrons. The number of rotatable bonds is 4. The Morgan fingerprint density at radius 1 is 1.14 bits per heavy atom. The molecule has 0 saturated heterocycles. The molecule has 104 valence electrons. The average molecular weight is 279 g/mol. The van der Waals surface area contributed by atoms with Gasteiger partial charge in [-0.25, -0.2) is 10.1 Å². The van der Waals surface area contributed by atoms with Gasteiger partial charge in [-0.05, 0) is 17.7 Å². The highest BCUT2D eigenvalue weighted by Gasteiger charge is 2.07. The van der Waals surface area contributed by atoms with Crippen LogP contribution in [0.1, 0.15) is 5.56 Å². The van der Waals surface area contributed by atoms with E-state index in [0.29, 0.717) is 0 Å². The van der Waals surface area contributed by atoms with Gasteiger partial charge in [0.2, 0.25) is 0 Å². The van der Waals surface area contributed by atoms with Gasteiger partial charge in [-0.2, -0.15) is 5.10 Å². The highest BCUT2D eigenvalue weighted by Crippen LogP contribution is 2.08. The summed E-state index contributed by atoms with van der Waals surface area (Å²) in [4.78, 5) is 11.8. The lowest BCUT2D eigenvalue weighted by Gasteiger charge is -2.00. The molecule has 0 spiro atoms. The zero-order chi connectivity index (χ0) is 14.5. The van der Waals surface area contributed by atoms with E-state index in [0.717, 1.165) is 16.6 Å². The maximum atomic E-state index is 11.8. The van der Waals surface area contributed by atoms with E-state index in [4.69, 9.17) is 0 Å². The maximum Gasteiger partial charge on any atom is 0.261 e. The van der Waals surface area contributed by atoms with Gasteiger partial charge in [0.15, 0.2) is 0 Å². The second-order valence-electron chi connectivity index (χ2n) is 4.44. The molecular weight excluding hydrogens is 266 g/mol. The summed E-state index contributed by atoms with van der Waals surface area (Å²) in [5, 5.41) is 11.9. The summed E-state index contributed by atoms with van der Waals surface area (Å²) in [5.41, 5.74) is 4.98. The van der Waals surface area contributed by atoms with Crippen LogP contribution in [0, 0.1) is 0 Å². The fraction of sp³-hybridized carbons (Fsp3) is 0.0667. The quantitative estimate of drug-likeness (QED) is 0.582. The lowest BCUT2D eigenvalue weighted by atomic mass is 10.2. The van der Waals surface area contributed by atoms with Gasteiger partial charge >= 0.3 is 0 Å². The van der Waals surface area contributed by atoms with Gasteiger partial charge in [0.25, 0.3) is 5.91 Å². The van der Waals surface area contributed by atoms with Crippen LogP contribution in [0.15, 0.2) is 59.7 Å². The molecule has 6 heteroatoms. The zero-order valence-electron chi connectivity index (χ0n) is 11.2. The zero-order valence-corrected chi connectivity index (χ0v) is 11.2. The van der Waals surface area contributed by atoms with Crippen molar-refractivity contribution in [3.63, 3.8) is 0 Å². The minimum absolute atomic E-state index is 0.0760. The summed E-state index contributed by atoms with van der Waals surface area (Å²) >= 11 is 0. The van der Waals surface area contributed by atoms with Crippen molar-refractivity contribution in [1.82, 2.24) is 20.4 Å². The van der Waals surface area contributed by atoms with Crippen molar-refractivity contribution in [2.24, 2.45) is 5.10 Å². The van der Waals surface area contributed by atoms with E-state index < -0.39 is 0 Å². The van der Waals surface area contributed by atoms with E-state index >= 15 is 0 Å². The molecule has 21 heavy (non-hydrogen) atoms. The van der Waals surface area contributed by atoms with Crippen LogP contribution in [0.2, 0.25) is 0 Å². The van der Waals surface area contributed by atoms with E-state index in [1.165, 1.54) is 0 Å². The molecule has 0 aliphatic heterocycles. The van der Waals surface area contributed by atoms with Crippen molar-refractivity contribution in [3.8, 4) is 0 Å². The van der Waals surface area contributed by atoms with Crippen LogP contribution in [-0.4, -0.2) is 27.1 Å². The summed E-state index contributed by atoms with van der Waals surface area (Å²) in [6.45, 7) is 0.0760. The third-order valence-corrected chi connectivity index (χ3v) is 2.92. The number of nitrogens with one attached hydrogen (secondary N) is 1. The van der Waals surface area contributed by atoms with Gasteiger partial charge in [-0.1, -0.05) is 47.7 Å². The second kappa shape index (κ2) is 5.96. The molecule has 1 amide bonds. The Hall–Kier alpha value is -3.02. The van der Waals surface area contributed by atoms with E-state index in [2.05, 4.69) is 20.8 Å². The lowest BCUT2D eigenvalue weighted by Crippen LogP contribution is -2.23. The number of aromatic nitrogens is 3. The Morgan fingerprint density at radius 2 is 1.90 bits per heavy atom. The summed E-state index contributed by atoms with van der Waals surface area (Å²) in [7, 11) is 0. The minimum atomic E-state index is -0.252. The number of carbonyl (C=O) groups excluding carboxylic acids is 1. The van der Waals surface area contributed by atoms with Gasteiger partial charge in [0.1, 0.15) is 12.1 Å². The average Bonchev–Trinajstić information content (AvgIpc) is 2.92. The molecule has 1 heterocycles. The SMILES string of the molecule is O=C(Cn1nnc2ccccc21)NN=Cc1ccccc1. The Balaban J connectivity index is 1.63. The Morgan fingerprint density at radius 3 is 2.76 bits per heavy atom. The van der Waals surface area contributed by atoms with Gasteiger partial charge in [-0.3, -0.25) is 4.79 Å². The number of carbonyl (C=O) groups is 1. The van der Waals surface area contributed by atoms with Crippen molar-refractivity contribution in [2.75, 3.05) is 0 Å². The standard InChI is InChI=1S/C15H13N5O/c21-15(18-16-10-12-6-2-1-3-7-12)11-20-14-9-5-4-8-13(14)17-19-20/h1-10H,11H2,(H,18,21). The highest BCUT2D eigenvalue weighted by atomic mass is 16.2. The molecule has 3 aromatic rings. The van der Waals surface area contributed by atoms with E-state index in [1.54, 1.807) is 10.9 Å². The summed E-state index contributed by atoms with van der Waals surface area (Å²) < 4.78 is 1.54. The van der Waals surface area contributed by atoms with Crippen molar-refractivity contribution in [2.45, 2.75) is 6.54 Å². The Bertz CT molecular complexity index is 779. The number of benzene rings is 2. The first-order valence-electron chi connectivity index (χ1n) is 6.48. The first-order chi connectivity index (χ1) is 10.3. The van der Waals surface area contributed by atoms with Crippen molar-refractivity contribution < 1.29 is 4.79 Å². The van der Waals surface area contributed by atoms with E-state index in [-0.39, 0.29) is 12.5 Å². The molecule has 6 nitrogen and oxygen atoms in total. The largest absolute Gasteiger partial charge is 0.271 e. The topological polar surface area (TPSA) is 72.2 Å². The molecule has 1 aromatic heterocycles. The van der Waals surface area contributed by atoms with Gasteiger partial charge in [0.05, 0.1) is 11.7 Å². The number of fused-ring (bicyclic) bond motifs is 1. The predicted molar refractivity (Wildman–Crippen MR) is 79.7 cm³/mol.